The molecule has 2 amide bonds. The highest BCUT2D eigenvalue weighted by Crippen LogP contribution is 2.28. The van der Waals surface area contributed by atoms with Gasteiger partial charge in [0.1, 0.15) is 0 Å². The Balaban J connectivity index is 1.71. The Kier molecular flexibility index (Phi) is 4.32. The zero-order valence-corrected chi connectivity index (χ0v) is 12.8. The summed E-state index contributed by atoms with van der Waals surface area (Å²) in [5.41, 5.74) is 7.38. The third kappa shape index (κ3) is 3.08. The number of rotatable bonds is 3. The first-order valence-electron chi connectivity index (χ1n) is 8.10. The van der Waals surface area contributed by atoms with E-state index in [0.717, 1.165) is 18.8 Å². The molecule has 22 heavy (non-hydrogen) atoms. The van der Waals surface area contributed by atoms with Crippen molar-refractivity contribution in [2.75, 3.05) is 29.4 Å². The van der Waals surface area contributed by atoms with Crippen molar-refractivity contribution < 1.29 is 9.59 Å². The van der Waals surface area contributed by atoms with Gasteiger partial charge >= 0.3 is 0 Å². The van der Waals surface area contributed by atoms with Gasteiger partial charge in [-0.2, -0.15) is 0 Å². The number of hydrogen-bond acceptors (Lipinski definition) is 3. The minimum absolute atomic E-state index is 0.0219. The molecular weight excluding hydrogens is 278 g/mol. The maximum atomic E-state index is 12.0. The van der Waals surface area contributed by atoms with Gasteiger partial charge in [-0.15, -0.1) is 0 Å². The highest BCUT2D eigenvalue weighted by Gasteiger charge is 2.33. The molecule has 5 nitrogen and oxygen atoms in total. The fraction of sp³-hybridized carbons (Fsp3) is 0.529. The minimum atomic E-state index is -0.392. The van der Waals surface area contributed by atoms with Crippen LogP contribution in [-0.4, -0.2) is 31.4 Å². The van der Waals surface area contributed by atoms with Gasteiger partial charge in [-0.3, -0.25) is 9.59 Å². The molecule has 2 N–H and O–H groups in total. The molecule has 118 valence electrons. The fourth-order valence-electron chi connectivity index (χ4n) is 3.32. The molecule has 1 unspecified atom stereocenters. The van der Waals surface area contributed by atoms with E-state index in [-0.39, 0.29) is 18.2 Å². The second-order valence-corrected chi connectivity index (χ2v) is 6.23. The van der Waals surface area contributed by atoms with Crippen LogP contribution in [0.15, 0.2) is 24.3 Å². The molecule has 2 aliphatic heterocycles. The van der Waals surface area contributed by atoms with Gasteiger partial charge in [0.05, 0.1) is 5.92 Å². The topological polar surface area (TPSA) is 66.6 Å². The lowest BCUT2D eigenvalue weighted by atomic mass is 10.1. The van der Waals surface area contributed by atoms with Crippen molar-refractivity contribution >= 4 is 23.2 Å². The normalized spacial score (nSPS) is 22.7. The van der Waals surface area contributed by atoms with Gasteiger partial charge in [0.15, 0.2) is 0 Å². The number of nitrogens with zero attached hydrogens (tertiary/aromatic N) is 2. The fourth-order valence-corrected chi connectivity index (χ4v) is 3.32. The van der Waals surface area contributed by atoms with Gasteiger partial charge in [-0.25, -0.2) is 0 Å². The summed E-state index contributed by atoms with van der Waals surface area (Å²) in [5, 5.41) is 0. The van der Waals surface area contributed by atoms with Crippen molar-refractivity contribution in [3.05, 3.63) is 24.3 Å². The van der Waals surface area contributed by atoms with Gasteiger partial charge in [-0.1, -0.05) is 12.8 Å². The van der Waals surface area contributed by atoms with Crippen molar-refractivity contribution in [1.82, 2.24) is 0 Å². The van der Waals surface area contributed by atoms with E-state index in [2.05, 4.69) is 17.0 Å². The molecule has 2 heterocycles. The van der Waals surface area contributed by atoms with Crippen LogP contribution < -0.4 is 15.5 Å². The van der Waals surface area contributed by atoms with E-state index in [0.29, 0.717) is 6.54 Å². The van der Waals surface area contributed by atoms with Crippen LogP contribution in [0, 0.1) is 5.92 Å². The smallest absolute Gasteiger partial charge is 0.227 e. The second kappa shape index (κ2) is 6.38. The zero-order chi connectivity index (χ0) is 15.5. The van der Waals surface area contributed by atoms with Crippen molar-refractivity contribution in [1.29, 1.82) is 0 Å². The van der Waals surface area contributed by atoms with Crippen LogP contribution in [0.3, 0.4) is 0 Å². The molecule has 3 rings (SSSR count). The molecule has 0 saturated carbocycles. The Labute approximate surface area is 131 Å². The Morgan fingerprint density at radius 2 is 1.59 bits per heavy atom. The van der Waals surface area contributed by atoms with Crippen molar-refractivity contribution in [3.8, 4) is 0 Å². The lowest BCUT2D eigenvalue weighted by Crippen LogP contribution is -2.28. The molecule has 0 bridgehead atoms. The van der Waals surface area contributed by atoms with Crippen molar-refractivity contribution in [3.63, 3.8) is 0 Å². The van der Waals surface area contributed by atoms with Crippen molar-refractivity contribution in [2.24, 2.45) is 11.7 Å². The molecule has 2 aliphatic rings. The summed E-state index contributed by atoms with van der Waals surface area (Å²) in [6.45, 7) is 2.61. The van der Waals surface area contributed by atoms with Crippen LogP contribution in [0.1, 0.15) is 32.1 Å². The first kappa shape index (κ1) is 14.9. The van der Waals surface area contributed by atoms with Crippen LogP contribution in [0.25, 0.3) is 0 Å². The predicted octanol–water partition coefficient (Wildman–Crippen LogP) is 1.91. The average molecular weight is 301 g/mol. The van der Waals surface area contributed by atoms with Crippen LogP contribution in [0.2, 0.25) is 0 Å². The Bertz CT molecular complexity index is 548. The molecule has 5 heteroatoms. The molecule has 1 aromatic carbocycles. The van der Waals surface area contributed by atoms with E-state index in [1.165, 1.54) is 31.4 Å². The molecule has 1 aromatic rings. The molecule has 0 aromatic heterocycles. The van der Waals surface area contributed by atoms with E-state index >= 15 is 0 Å². The predicted molar refractivity (Wildman–Crippen MR) is 86.8 cm³/mol. The number of anilines is 2. The molecular formula is C17H23N3O2. The molecule has 0 radical (unpaired) electrons. The molecule has 2 saturated heterocycles. The maximum absolute atomic E-state index is 12.0. The quantitative estimate of drug-likeness (QED) is 0.927. The lowest BCUT2D eigenvalue weighted by Gasteiger charge is -2.24. The SMILES string of the molecule is NC(=O)C1CC(=O)N(c2ccc(N3CCCCCC3)cc2)C1. The summed E-state index contributed by atoms with van der Waals surface area (Å²) in [5.74, 6) is -0.777. The van der Waals surface area contributed by atoms with Crippen LogP contribution >= 0.6 is 0 Å². The highest BCUT2D eigenvalue weighted by atomic mass is 16.2. The third-order valence-corrected chi connectivity index (χ3v) is 4.66. The van der Waals surface area contributed by atoms with Crippen LogP contribution in [0.5, 0.6) is 0 Å². The summed E-state index contributed by atoms with van der Waals surface area (Å²) < 4.78 is 0. The zero-order valence-electron chi connectivity index (χ0n) is 12.8. The number of primary amides is 1. The molecule has 0 spiro atoms. The Morgan fingerprint density at radius 3 is 2.14 bits per heavy atom. The number of nitrogens with two attached hydrogens (primary N) is 1. The second-order valence-electron chi connectivity index (χ2n) is 6.23. The summed E-state index contributed by atoms with van der Waals surface area (Å²) in [6.07, 6.45) is 5.33. The van der Waals surface area contributed by atoms with E-state index in [1.54, 1.807) is 4.90 Å². The molecule has 0 aliphatic carbocycles. The van der Waals surface area contributed by atoms with Crippen molar-refractivity contribution in [2.45, 2.75) is 32.1 Å². The number of benzene rings is 1. The summed E-state index contributed by atoms with van der Waals surface area (Å²) in [4.78, 5) is 27.4. The standard InChI is InChI=1S/C17H23N3O2/c18-17(22)13-11-16(21)20(12-13)15-7-5-14(6-8-15)19-9-3-1-2-4-10-19/h5-8,13H,1-4,9-12H2,(H2,18,22). The Hall–Kier alpha value is -2.04. The van der Waals surface area contributed by atoms with E-state index in [1.807, 2.05) is 12.1 Å². The lowest BCUT2D eigenvalue weighted by molar-refractivity contribution is -0.123. The number of hydrogen-bond donors (Lipinski definition) is 1. The average Bonchev–Trinajstić information content (AvgIpc) is 2.74. The largest absolute Gasteiger partial charge is 0.372 e. The first-order valence-corrected chi connectivity index (χ1v) is 8.10. The highest BCUT2D eigenvalue weighted by molar-refractivity contribution is 6.00. The van der Waals surface area contributed by atoms with Gasteiger partial charge in [0.25, 0.3) is 0 Å². The first-order chi connectivity index (χ1) is 10.6. The van der Waals surface area contributed by atoms with Gasteiger partial charge < -0.3 is 15.5 Å². The summed E-state index contributed by atoms with van der Waals surface area (Å²) >= 11 is 0. The van der Waals surface area contributed by atoms with Crippen LogP contribution in [-0.2, 0) is 9.59 Å². The maximum Gasteiger partial charge on any atom is 0.227 e. The molecule has 2 fully saturated rings. The number of carbonyl (C=O) groups is 2. The minimum Gasteiger partial charge on any atom is -0.372 e. The number of carbonyl (C=O) groups excluding carboxylic acids is 2. The number of amides is 2. The Morgan fingerprint density at radius 1 is 1.00 bits per heavy atom. The monoisotopic (exact) mass is 301 g/mol. The van der Waals surface area contributed by atoms with Gasteiger partial charge in [0, 0.05) is 37.4 Å². The van der Waals surface area contributed by atoms with Gasteiger partial charge in [0.2, 0.25) is 11.8 Å². The van der Waals surface area contributed by atoms with E-state index in [9.17, 15) is 9.59 Å². The molecule has 1 atom stereocenters. The van der Waals surface area contributed by atoms with E-state index < -0.39 is 5.91 Å². The van der Waals surface area contributed by atoms with E-state index in [4.69, 9.17) is 5.73 Å². The third-order valence-electron chi connectivity index (χ3n) is 4.66. The van der Waals surface area contributed by atoms with Gasteiger partial charge in [-0.05, 0) is 37.1 Å². The summed E-state index contributed by atoms with van der Waals surface area (Å²) in [6, 6.07) is 8.10. The van der Waals surface area contributed by atoms with Crippen LogP contribution in [0.4, 0.5) is 11.4 Å². The summed E-state index contributed by atoms with van der Waals surface area (Å²) in [7, 11) is 0.